The Kier molecular flexibility index (Phi) is 5.77. The maximum atomic E-state index is 11.8. The van der Waals surface area contributed by atoms with E-state index in [4.69, 9.17) is 0 Å². The lowest BCUT2D eigenvalue weighted by atomic mass is 10.0. The van der Waals surface area contributed by atoms with Gasteiger partial charge in [-0.2, -0.15) is 0 Å². The zero-order chi connectivity index (χ0) is 12.0. The highest BCUT2D eigenvalue weighted by molar-refractivity contribution is 5.78. The van der Waals surface area contributed by atoms with Gasteiger partial charge in [0.2, 0.25) is 5.91 Å². The summed E-state index contributed by atoms with van der Waals surface area (Å²) < 4.78 is 0. The zero-order valence-electron chi connectivity index (χ0n) is 10.8. The maximum Gasteiger partial charge on any atom is 0.234 e. The quantitative estimate of drug-likeness (QED) is 0.722. The van der Waals surface area contributed by atoms with E-state index in [1.807, 2.05) is 0 Å². The first-order chi connectivity index (χ1) is 7.65. The van der Waals surface area contributed by atoms with Crippen molar-refractivity contribution in [1.29, 1.82) is 0 Å². The van der Waals surface area contributed by atoms with Crippen LogP contribution < -0.4 is 10.6 Å². The van der Waals surface area contributed by atoms with E-state index < -0.39 is 0 Å². The van der Waals surface area contributed by atoms with Crippen molar-refractivity contribution in [2.24, 2.45) is 0 Å². The Hall–Kier alpha value is -0.610. The number of nitrogens with one attached hydrogen (secondary N) is 2. The Morgan fingerprint density at radius 2 is 2.12 bits per heavy atom. The van der Waals surface area contributed by atoms with Crippen LogP contribution in [0.2, 0.25) is 0 Å². The lowest BCUT2D eigenvalue weighted by Crippen LogP contribution is -2.48. The van der Waals surface area contributed by atoms with Crippen LogP contribution in [0.25, 0.3) is 0 Å². The van der Waals surface area contributed by atoms with Gasteiger partial charge in [0, 0.05) is 12.1 Å². The average molecular weight is 227 g/mol. The van der Waals surface area contributed by atoms with Gasteiger partial charge >= 0.3 is 0 Å². The summed E-state index contributed by atoms with van der Waals surface area (Å²) in [6.45, 7) is 9.76. The lowest BCUT2D eigenvalue weighted by molar-refractivity contribution is -0.123. The van der Waals surface area contributed by atoms with Gasteiger partial charge in [0.05, 0.1) is 6.54 Å². The zero-order valence-corrected chi connectivity index (χ0v) is 10.8. The molecule has 16 heavy (non-hydrogen) atoms. The first kappa shape index (κ1) is 13.5. The third-order valence-electron chi connectivity index (χ3n) is 3.25. The molecule has 1 heterocycles. The van der Waals surface area contributed by atoms with Crippen molar-refractivity contribution in [3.8, 4) is 0 Å². The summed E-state index contributed by atoms with van der Waals surface area (Å²) in [5.74, 6) is 0.169. The van der Waals surface area contributed by atoms with Gasteiger partial charge in [-0.1, -0.05) is 13.8 Å². The van der Waals surface area contributed by atoms with Crippen LogP contribution >= 0.6 is 0 Å². The van der Waals surface area contributed by atoms with Crippen LogP contribution in [0.3, 0.4) is 0 Å². The van der Waals surface area contributed by atoms with Crippen molar-refractivity contribution in [2.75, 3.05) is 26.2 Å². The van der Waals surface area contributed by atoms with Gasteiger partial charge in [-0.05, 0) is 39.4 Å². The van der Waals surface area contributed by atoms with Crippen LogP contribution in [0.4, 0.5) is 0 Å². The number of likely N-dealkylation sites (N-methyl/N-ethyl adjacent to an activating group) is 1. The molecule has 0 aromatic heterocycles. The number of carbonyl (C=O) groups is 1. The number of rotatable bonds is 5. The third kappa shape index (κ3) is 4.49. The molecule has 0 spiro atoms. The van der Waals surface area contributed by atoms with E-state index >= 15 is 0 Å². The number of amides is 1. The van der Waals surface area contributed by atoms with Crippen LogP contribution in [0.1, 0.15) is 33.6 Å². The van der Waals surface area contributed by atoms with E-state index in [1.54, 1.807) is 0 Å². The van der Waals surface area contributed by atoms with E-state index in [9.17, 15) is 4.79 Å². The molecule has 0 aliphatic carbocycles. The second-order valence-corrected chi connectivity index (χ2v) is 4.61. The molecule has 1 aliphatic rings. The molecule has 0 bridgehead atoms. The van der Waals surface area contributed by atoms with Crippen molar-refractivity contribution < 1.29 is 4.79 Å². The van der Waals surface area contributed by atoms with E-state index in [2.05, 4.69) is 36.3 Å². The number of carbonyl (C=O) groups excluding carboxylic acids is 1. The van der Waals surface area contributed by atoms with Crippen molar-refractivity contribution in [1.82, 2.24) is 15.5 Å². The predicted octanol–water partition coefficient (Wildman–Crippen LogP) is 0.585. The number of hydrogen-bond donors (Lipinski definition) is 2. The first-order valence-corrected chi connectivity index (χ1v) is 6.40. The number of nitrogens with zero attached hydrogens (tertiary/aromatic N) is 1. The smallest absolute Gasteiger partial charge is 0.234 e. The molecular weight excluding hydrogens is 202 g/mol. The summed E-state index contributed by atoms with van der Waals surface area (Å²) in [6, 6.07) is 0.881. The molecule has 2 unspecified atom stereocenters. The lowest BCUT2D eigenvalue weighted by Gasteiger charge is -2.29. The first-order valence-electron chi connectivity index (χ1n) is 6.40. The molecule has 2 N–H and O–H groups in total. The van der Waals surface area contributed by atoms with E-state index in [1.165, 1.54) is 0 Å². The summed E-state index contributed by atoms with van der Waals surface area (Å²) in [7, 11) is 0. The molecule has 1 aliphatic heterocycles. The van der Waals surface area contributed by atoms with Crippen LogP contribution in [-0.2, 0) is 4.79 Å². The molecule has 94 valence electrons. The van der Waals surface area contributed by atoms with Crippen molar-refractivity contribution in [3.63, 3.8) is 0 Å². The van der Waals surface area contributed by atoms with Gasteiger partial charge in [0.1, 0.15) is 0 Å². The van der Waals surface area contributed by atoms with Crippen LogP contribution in [0.5, 0.6) is 0 Å². The van der Waals surface area contributed by atoms with Crippen molar-refractivity contribution in [2.45, 2.75) is 45.7 Å². The SMILES string of the molecule is CCN(CC)CC(=O)NC1CCNC(C)C1. The second-order valence-electron chi connectivity index (χ2n) is 4.61. The van der Waals surface area contributed by atoms with Gasteiger partial charge in [0.15, 0.2) is 0 Å². The highest BCUT2D eigenvalue weighted by Crippen LogP contribution is 2.07. The molecule has 0 aromatic carbocycles. The highest BCUT2D eigenvalue weighted by Gasteiger charge is 2.20. The normalized spacial score (nSPS) is 25.8. The largest absolute Gasteiger partial charge is 0.352 e. The summed E-state index contributed by atoms with van der Waals surface area (Å²) in [4.78, 5) is 13.9. The van der Waals surface area contributed by atoms with E-state index in [0.29, 0.717) is 18.6 Å². The molecule has 1 amide bonds. The molecule has 0 radical (unpaired) electrons. The highest BCUT2D eigenvalue weighted by atomic mass is 16.2. The second kappa shape index (κ2) is 6.86. The fraction of sp³-hybridized carbons (Fsp3) is 0.917. The number of hydrogen-bond acceptors (Lipinski definition) is 3. The Morgan fingerprint density at radius 1 is 1.44 bits per heavy atom. The average Bonchev–Trinajstić information content (AvgIpc) is 2.26. The molecule has 1 rings (SSSR count). The summed E-state index contributed by atoms with van der Waals surface area (Å²) in [6.07, 6.45) is 2.10. The Balaban J connectivity index is 2.27. The molecule has 1 saturated heterocycles. The summed E-state index contributed by atoms with van der Waals surface area (Å²) in [5, 5.41) is 6.51. The molecule has 4 heteroatoms. The minimum atomic E-state index is 0.169. The van der Waals surface area contributed by atoms with Crippen LogP contribution in [-0.4, -0.2) is 49.1 Å². The summed E-state index contributed by atoms with van der Waals surface area (Å²) in [5.41, 5.74) is 0. The summed E-state index contributed by atoms with van der Waals surface area (Å²) >= 11 is 0. The molecule has 1 fully saturated rings. The molecule has 0 saturated carbocycles. The monoisotopic (exact) mass is 227 g/mol. The van der Waals surface area contributed by atoms with Gasteiger partial charge in [-0.15, -0.1) is 0 Å². The third-order valence-corrected chi connectivity index (χ3v) is 3.25. The van der Waals surface area contributed by atoms with Crippen LogP contribution in [0.15, 0.2) is 0 Å². The minimum absolute atomic E-state index is 0.169. The van der Waals surface area contributed by atoms with Crippen LogP contribution in [0, 0.1) is 0 Å². The van der Waals surface area contributed by atoms with Crippen molar-refractivity contribution in [3.05, 3.63) is 0 Å². The minimum Gasteiger partial charge on any atom is -0.352 e. The maximum absolute atomic E-state index is 11.8. The fourth-order valence-electron chi connectivity index (χ4n) is 2.19. The Bertz CT molecular complexity index is 216. The predicted molar refractivity (Wildman–Crippen MR) is 66.4 cm³/mol. The Morgan fingerprint density at radius 3 is 2.69 bits per heavy atom. The standard InChI is InChI=1S/C12H25N3O/c1-4-15(5-2)9-12(16)14-11-6-7-13-10(3)8-11/h10-11,13H,4-9H2,1-3H3,(H,14,16). The van der Waals surface area contributed by atoms with Gasteiger partial charge in [-0.3, -0.25) is 9.69 Å². The fourth-order valence-corrected chi connectivity index (χ4v) is 2.19. The van der Waals surface area contributed by atoms with Gasteiger partial charge in [0.25, 0.3) is 0 Å². The molecule has 0 aromatic rings. The van der Waals surface area contributed by atoms with E-state index in [0.717, 1.165) is 32.5 Å². The Labute approximate surface area is 98.8 Å². The number of piperidine rings is 1. The topological polar surface area (TPSA) is 44.4 Å². The van der Waals surface area contributed by atoms with Gasteiger partial charge in [-0.25, -0.2) is 0 Å². The molecule has 2 atom stereocenters. The molecule has 4 nitrogen and oxygen atoms in total. The van der Waals surface area contributed by atoms with Crippen molar-refractivity contribution >= 4 is 5.91 Å². The van der Waals surface area contributed by atoms with E-state index in [-0.39, 0.29) is 5.91 Å². The van der Waals surface area contributed by atoms with Gasteiger partial charge < -0.3 is 10.6 Å². The molecular formula is C12H25N3O.